The standard InChI is InChI=1S/C36H29F8N5O4/c37-29-23(30(38)32(40)33(41)31(29)39)15-22-16-28(51)47-24-9-2-1-7-20(24)14-27(50)48-25(12-18-5-3-8-21(11-18)36(42,43)44)35(53)49-26(34(52)46-22)13-19-6-4-10-45-17-19/h1-11,17,22,25-26H,12-16H2,(H,46,52)(H,47,51)(H,48,50)(H,49,53)/t22-,25-,26-/m0/s1. The van der Waals surface area contributed by atoms with E-state index in [1.54, 1.807) is 0 Å². The minimum absolute atomic E-state index is 0.00185. The van der Waals surface area contributed by atoms with E-state index in [9.17, 15) is 54.3 Å². The molecule has 9 nitrogen and oxygen atoms in total. The van der Waals surface area contributed by atoms with Gasteiger partial charge < -0.3 is 21.3 Å². The lowest BCUT2D eigenvalue weighted by Crippen LogP contribution is -2.56. The topological polar surface area (TPSA) is 129 Å². The summed E-state index contributed by atoms with van der Waals surface area (Å²) < 4.78 is 112. The van der Waals surface area contributed by atoms with Crippen molar-refractivity contribution in [2.24, 2.45) is 0 Å². The average molecular weight is 748 g/mol. The number of rotatable bonds is 6. The van der Waals surface area contributed by atoms with Crippen molar-refractivity contribution in [3.8, 4) is 0 Å². The Morgan fingerprint density at radius 3 is 1.96 bits per heavy atom. The third-order valence-electron chi connectivity index (χ3n) is 8.31. The zero-order valence-corrected chi connectivity index (χ0v) is 27.3. The quantitative estimate of drug-likeness (QED) is 0.127. The number of pyridine rings is 1. The highest BCUT2D eigenvalue weighted by Crippen LogP contribution is 2.30. The molecule has 3 aromatic carbocycles. The Labute approximate surface area is 296 Å². The number of hydrogen-bond donors (Lipinski definition) is 4. The van der Waals surface area contributed by atoms with Gasteiger partial charge in [-0.3, -0.25) is 24.2 Å². The van der Waals surface area contributed by atoms with Crippen LogP contribution in [0, 0.1) is 29.1 Å². The summed E-state index contributed by atoms with van der Waals surface area (Å²) in [4.78, 5) is 58.3. The molecule has 0 unspecified atom stereocenters. The van der Waals surface area contributed by atoms with Gasteiger partial charge in [-0.1, -0.05) is 42.5 Å². The molecular formula is C36H29F8N5O4. The monoisotopic (exact) mass is 747 g/mol. The van der Waals surface area contributed by atoms with Gasteiger partial charge in [-0.2, -0.15) is 13.2 Å². The molecular weight excluding hydrogens is 718 g/mol. The molecule has 5 rings (SSSR count). The second kappa shape index (κ2) is 16.2. The van der Waals surface area contributed by atoms with Gasteiger partial charge in [0.15, 0.2) is 23.3 Å². The van der Waals surface area contributed by atoms with Gasteiger partial charge in [0.25, 0.3) is 0 Å². The van der Waals surface area contributed by atoms with Gasteiger partial charge in [0.05, 0.1) is 12.0 Å². The molecule has 53 heavy (non-hydrogen) atoms. The summed E-state index contributed by atoms with van der Waals surface area (Å²) in [6.07, 6.45) is -5.04. The summed E-state index contributed by atoms with van der Waals surface area (Å²) >= 11 is 0. The lowest BCUT2D eigenvalue weighted by molar-refractivity contribution is -0.137. The highest BCUT2D eigenvalue weighted by molar-refractivity contribution is 5.96. The summed E-state index contributed by atoms with van der Waals surface area (Å²) in [6.45, 7) is 0. The van der Waals surface area contributed by atoms with Crippen LogP contribution in [-0.4, -0.2) is 46.7 Å². The molecule has 0 bridgehead atoms. The first-order valence-corrected chi connectivity index (χ1v) is 15.9. The maximum Gasteiger partial charge on any atom is 0.416 e. The fourth-order valence-electron chi connectivity index (χ4n) is 5.75. The Balaban J connectivity index is 1.56. The number of carbonyl (C=O) groups is 4. The Kier molecular flexibility index (Phi) is 11.7. The normalized spacial score (nSPS) is 18.8. The molecule has 4 aromatic rings. The van der Waals surface area contributed by atoms with Gasteiger partial charge >= 0.3 is 6.18 Å². The van der Waals surface area contributed by atoms with Crippen molar-refractivity contribution in [2.75, 3.05) is 5.32 Å². The van der Waals surface area contributed by atoms with E-state index in [1.807, 2.05) is 0 Å². The molecule has 278 valence electrons. The predicted molar refractivity (Wildman–Crippen MR) is 172 cm³/mol. The van der Waals surface area contributed by atoms with Crippen LogP contribution >= 0.6 is 0 Å². The van der Waals surface area contributed by atoms with Crippen molar-refractivity contribution in [3.05, 3.63) is 130 Å². The molecule has 1 aliphatic rings. The first kappa shape index (κ1) is 38.4. The van der Waals surface area contributed by atoms with E-state index in [0.717, 1.165) is 18.2 Å². The fourth-order valence-corrected chi connectivity index (χ4v) is 5.75. The molecule has 0 saturated heterocycles. The summed E-state index contributed by atoms with van der Waals surface area (Å²) in [5, 5.41) is 9.82. The van der Waals surface area contributed by atoms with Crippen LogP contribution in [-0.2, 0) is 51.0 Å². The van der Waals surface area contributed by atoms with Crippen LogP contribution in [0.4, 0.5) is 40.8 Å². The van der Waals surface area contributed by atoms with Crippen LogP contribution in [0.2, 0.25) is 0 Å². The lowest BCUT2D eigenvalue weighted by Gasteiger charge is -2.26. The van der Waals surface area contributed by atoms with Crippen LogP contribution in [0.1, 0.15) is 34.2 Å². The maximum atomic E-state index is 14.8. The van der Waals surface area contributed by atoms with Gasteiger partial charge in [0, 0.05) is 48.9 Å². The third-order valence-corrected chi connectivity index (χ3v) is 8.31. The van der Waals surface area contributed by atoms with Crippen molar-refractivity contribution in [2.45, 2.75) is 56.4 Å². The Morgan fingerprint density at radius 1 is 0.660 bits per heavy atom. The number of para-hydroxylation sites is 1. The first-order chi connectivity index (χ1) is 25.1. The molecule has 0 radical (unpaired) electrons. The van der Waals surface area contributed by atoms with Crippen molar-refractivity contribution in [1.82, 2.24) is 20.9 Å². The van der Waals surface area contributed by atoms with Crippen molar-refractivity contribution < 1.29 is 54.3 Å². The van der Waals surface area contributed by atoms with Crippen LogP contribution < -0.4 is 21.3 Å². The minimum atomic E-state index is -4.72. The molecule has 2 heterocycles. The number of carbonyl (C=O) groups excluding carboxylic acids is 4. The first-order valence-electron chi connectivity index (χ1n) is 15.9. The molecule has 1 aliphatic heterocycles. The molecule has 1 aromatic heterocycles. The zero-order chi connectivity index (χ0) is 38.4. The van der Waals surface area contributed by atoms with E-state index in [-0.39, 0.29) is 23.2 Å². The molecule has 0 spiro atoms. The van der Waals surface area contributed by atoms with Crippen LogP contribution in [0.3, 0.4) is 0 Å². The van der Waals surface area contributed by atoms with E-state index in [4.69, 9.17) is 0 Å². The number of fused-ring (bicyclic) bond motifs is 1. The fraction of sp³-hybridized carbons (Fsp3) is 0.250. The highest BCUT2D eigenvalue weighted by atomic mass is 19.4. The number of nitrogens with zero attached hydrogens (tertiary/aromatic N) is 1. The van der Waals surface area contributed by atoms with E-state index in [2.05, 4.69) is 26.3 Å². The second-order valence-electron chi connectivity index (χ2n) is 12.2. The van der Waals surface area contributed by atoms with Crippen LogP contribution in [0.5, 0.6) is 0 Å². The Hall–Kier alpha value is -5.87. The van der Waals surface area contributed by atoms with Crippen LogP contribution in [0.15, 0.2) is 73.1 Å². The summed E-state index contributed by atoms with van der Waals surface area (Å²) in [6, 6.07) is 8.15. The molecule has 3 atom stereocenters. The molecule has 4 amide bonds. The Bertz CT molecular complexity index is 2000. The number of alkyl halides is 3. The number of aromatic nitrogens is 1. The van der Waals surface area contributed by atoms with E-state index >= 15 is 0 Å². The molecule has 4 N–H and O–H groups in total. The lowest BCUT2D eigenvalue weighted by atomic mass is 9.99. The summed E-state index contributed by atoms with van der Waals surface area (Å²) in [5.41, 5.74) is -1.69. The average Bonchev–Trinajstić information content (AvgIpc) is 3.11. The molecule has 0 fully saturated rings. The molecule has 0 saturated carbocycles. The number of halogens is 8. The van der Waals surface area contributed by atoms with Gasteiger partial charge in [-0.05, 0) is 41.3 Å². The van der Waals surface area contributed by atoms with E-state index in [0.29, 0.717) is 5.56 Å². The number of anilines is 1. The molecule has 0 aliphatic carbocycles. The van der Waals surface area contributed by atoms with Crippen molar-refractivity contribution in [3.63, 3.8) is 0 Å². The Morgan fingerprint density at radius 2 is 1.28 bits per heavy atom. The number of benzene rings is 3. The van der Waals surface area contributed by atoms with E-state index in [1.165, 1.54) is 54.9 Å². The third kappa shape index (κ3) is 9.52. The van der Waals surface area contributed by atoms with Gasteiger partial charge in [0.2, 0.25) is 29.4 Å². The summed E-state index contributed by atoms with van der Waals surface area (Å²) in [5.74, 6) is -15.0. The smallest absolute Gasteiger partial charge is 0.351 e. The minimum Gasteiger partial charge on any atom is -0.351 e. The highest BCUT2D eigenvalue weighted by Gasteiger charge is 2.34. The number of hydrogen-bond acceptors (Lipinski definition) is 5. The van der Waals surface area contributed by atoms with E-state index < -0.39 is 114 Å². The van der Waals surface area contributed by atoms with Crippen LogP contribution in [0.25, 0.3) is 0 Å². The van der Waals surface area contributed by atoms with Crippen molar-refractivity contribution >= 4 is 29.3 Å². The van der Waals surface area contributed by atoms with Gasteiger partial charge in [0.1, 0.15) is 12.1 Å². The largest absolute Gasteiger partial charge is 0.416 e. The summed E-state index contributed by atoms with van der Waals surface area (Å²) in [7, 11) is 0. The van der Waals surface area contributed by atoms with Gasteiger partial charge in [-0.15, -0.1) is 0 Å². The number of nitrogens with one attached hydrogen (secondary N) is 4. The predicted octanol–water partition coefficient (Wildman–Crippen LogP) is 4.86. The maximum absolute atomic E-state index is 14.8. The number of amides is 4. The SMILES string of the molecule is O=C1C[C@H](Cc2c(F)c(F)c(F)c(F)c2F)NC(=O)[C@H](Cc2cccnc2)NC(=O)[C@H](Cc2cccc(C(F)(F)F)c2)NC(=O)Cc2ccccc2N1. The zero-order valence-electron chi connectivity index (χ0n) is 27.3. The van der Waals surface area contributed by atoms with Gasteiger partial charge in [-0.25, -0.2) is 22.0 Å². The second-order valence-corrected chi connectivity index (χ2v) is 12.2. The van der Waals surface area contributed by atoms with Crippen molar-refractivity contribution in [1.29, 1.82) is 0 Å². The molecule has 17 heteroatoms.